The fourth-order valence-electron chi connectivity index (χ4n) is 1.95. The van der Waals surface area contributed by atoms with Gasteiger partial charge in [-0.05, 0) is 20.8 Å². The van der Waals surface area contributed by atoms with Crippen molar-refractivity contribution in [2.24, 2.45) is 0 Å². The van der Waals surface area contributed by atoms with Crippen LogP contribution in [-0.4, -0.2) is 41.0 Å². The lowest BCUT2D eigenvalue weighted by Crippen LogP contribution is -2.57. The van der Waals surface area contributed by atoms with E-state index in [2.05, 4.69) is 24.1 Å². The van der Waals surface area contributed by atoms with E-state index in [1.807, 2.05) is 11.8 Å². The molecule has 2 heterocycles. The second-order valence-corrected chi connectivity index (χ2v) is 5.46. The zero-order valence-electron chi connectivity index (χ0n) is 9.86. The summed E-state index contributed by atoms with van der Waals surface area (Å²) in [5.74, 6) is 0.117. The van der Waals surface area contributed by atoms with Gasteiger partial charge in [-0.25, -0.2) is 4.98 Å². The molecule has 1 fully saturated rings. The van der Waals surface area contributed by atoms with E-state index in [4.69, 9.17) is 0 Å². The lowest BCUT2D eigenvalue weighted by Gasteiger charge is -2.38. The second-order valence-electron chi connectivity index (χ2n) is 4.23. The summed E-state index contributed by atoms with van der Waals surface area (Å²) in [7, 11) is 0. The van der Waals surface area contributed by atoms with Crippen LogP contribution in [0.25, 0.3) is 0 Å². The molecule has 1 aromatic heterocycles. The predicted molar refractivity (Wildman–Crippen MR) is 64.8 cm³/mol. The Morgan fingerprint density at radius 2 is 2.38 bits per heavy atom. The number of aromatic nitrogens is 1. The smallest absolute Gasteiger partial charge is 0.265 e. The Bertz CT molecular complexity index is 390. The van der Waals surface area contributed by atoms with Gasteiger partial charge in [-0.15, -0.1) is 11.3 Å². The number of aryl methyl sites for hydroxylation is 1. The van der Waals surface area contributed by atoms with Crippen molar-refractivity contribution < 1.29 is 4.79 Å². The van der Waals surface area contributed by atoms with Crippen molar-refractivity contribution in [2.45, 2.75) is 32.9 Å². The quantitative estimate of drug-likeness (QED) is 0.803. The number of carbonyl (C=O) groups excluding carboxylic acids is 1. The van der Waals surface area contributed by atoms with E-state index in [0.717, 1.165) is 23.0 Å². The first-order chi connectivity index (χ1) is 7.59. The van der Waals surface area contributed by atoms with Gasteiger partial charge in [0.25, 0.3) is 5.91 Å². The van der Waals surface area contributed by atoms with Crippen LogP contribution >= 0.6 is 11.3 Å². The molecule has 0 aliphatic carbocycles. The van der Waals surface area contributed by atoms with Crippen LogP contribution in [0.4, 0.5) is 0 Å². The molecule has 1 aliphatic heterocycles. The van der Waals surface area contributed by atoms with Crippen LogP contribution in [0.2, 0.25) is 0 Å². The third kappa shape index (κ3) is 2.10. The van der Waals surface area contributed by atoms with Crippen molar-refractivity contribution in [3.8, 4) is 0 Å². The molecule has 5 heteroatoms. The molecule has 88 valence electrons. The number of hydrogen-bond acceptors (Lipinski definition) is 4. The number of nitrogens with one attached hydrogen (secondary N) is 1. The minimum Gasteiger partial charge on any atom is -0.332 e. The molecule has 1 amide bonds. The number of amides is 1. The molecule has 0 bridgehead atoms. The molecule has 0 radical (unpaired) electrons. The summed E-state index contributed by atoms with van der Waals surface area (Å²) < 4.78 is 0. The first-order valence-electron chi connectivity index (χ1n) is 5.56. The number of rotatable bonds is 1. The van der Waals surface area contributed by atoms with Gasteiger partial charge < -0.3 is 10.2 Å². The molecular weight excluding hydrogens is 222 g/mol. The molecule has 1 aromatic rings. The predicted octanol–water partition coefficient (Wildman–Crippen LogP) is 1.27. The van der Waals surface area contributed by atoms with E-state index in [-0.39, 0.29) is 11.9 Å². The Labute approximate surface area is 99.7 Å². The zero-order chi connectivity index (χ0) is 11.7. The van der Waals surface area contributed by atoms with E-state index in [1.54, 1.807) is 6.20 Å². The summed E-state index contributed by atoms with van der Waals surface area (Å²) >= 11 is 1.47. The van der Waals surface area contributed by atoms with Gasteiger partial charge in [0.1, 0.15) is 4.88 Å². The van der Waals surface area contributed by atoms with Crippen LogP contribution in [0.3, 0.4) is 0 Å². The number of thiazole rings is 1. The minimum absolute atomic E-state index is 0.117. The largest absolute Gasteiger partial charge is 0.332 e. The lowest BCUT2D eigenvalue weighted by molar-refractivity contribution is 0.0607. The van der Waals surface area contributed by atoms with Crippen molar-refractivity contribution in [1.29, 1.82) is 0 Å². The van der Waals surface area contributed by atoms with Crippen LogP contribution in [0.15, 0.2) is 6.20 Å². The van der Waals surface area contributed by atoms with E-state index in [0.29, 0.717) is 6.04 Å². The highest BCUT2D eigenvalue weighted by Gasteiger charge is 2.29. The molecule has 0 aromatic carbocycles. The van der Waals surface area contributed by atoms with E-state index in [1.165, 1.54) is 11.3 Å². The van der Waals surface area contributed by atoms with Gasteiger partial charge in [-0.3, -0.25) is 4.79 Å². The Hall–Kier alpha value is -0.940. The SMILES string of the molecule is Cc1ncc(C(=O)N2CCNC(C)C2C)s1. The monoisotopic (exact) mass is 239 g/mol. The second kappa shape index (κ2) is 4.51. The average Bonchev–Trinajstić information content (AvgIpc) is 2.68. The molecule has 2 atom stereocenters. The van der Waals surface area contributed by atoms with Crippen LogP contribution in [0.1, 0.15) is 28.5 Å². The van der Waals surface area contributed by atoms with Gasteiger partial charge in [-0.1, -0.05) is 0 Å². The third-order valence-corrected chi connectivity index (χ3v) is 4.03. The third-order valence-electron chi connectivity index (χ3n) is 3.13. The van der Waals surface area contributed by atoms with E-state index < -0.39 is 0 Å². The number of nitrogens with zero attached hydrogens (tertiary/aromatic N) is 2. The van der Waals surface area contributed by atoms with Crippen LogP contribution < -0.4 is 5.32 Å². The molecule has 1 saturated heterocycles. The van der Waals surface area contributed by atoms with E-state index in [9.17, 15) is 4.79 Å². The maximum absolute atomic E-state index is 12.2. The molecule has 2 rings (SSSR count). The van der Waals surface area contributed by atoms with Gasteiger partial charge in [0.15, 0.2) is 0 Å². The average molecular weight is 239 g/mol. The van der Waals surface area contributed by atoms with Gasteiger partial charge in [0.05, 0.1) is 11.2 Å². The number of carbonyl (C=O) groups is 1. The Morgan fingerprint density at radius 3 is 3.00 bits per heavy atom. The summed E-state index contributed by atoms with van der Waals surface area (Å²) in [4.78, 5) is 19.1. The Balaban J connectivity index is 2.15. The van der Waals surface area contributed by atoms with Crippen molar-refractivity contribution in [3.05, 3.63) is 16.1 Å². The van der Waals surface area contributed by atoms with Gasteiger partial charge in [0.2, 0.25) is 0 Å². The Morgan fingerprint density at radius 1 is 1.62 bits per heavy atom. The number of piperazine rings is 1. The van der Waals surface area contributed by atoms with Crippen molar-refractivity contribution in [2.75, 3.05) is 13.1 Å². The summed E-state index contributed by atoms with van der Waals surface area (Å²) in [6, 6.07) is 0.593. The number of hydrogen-bond donors (Lipinski definition) is 1. The summed E-state index contributed by atoms with van der Waals surface area (Å²) in [5, 5.41) is 4.31. The maximum atomic E-state index is 12.2. The molecule has 0 saturated carbocycles. The molecule has 1 N–H and O–H groups in total. The first-order valence-corrected chi connectivity index (χ1v) is 6.38. The summed E-state index contributed by atoms with van der Waals surface area (Å²) in [5.41, 5.74) is 0. The highest BCUT2D eigenvalue weighted by Crippen LogP contribution is 2.18. The normalized spacial score (nSPS) is 25.8. The van der Waals surface area contributed by atoms with E-state index >= 15 is 0 Å². The molecule has 1 aliphatic rings. The fraction of sp³-hybridized carbons (Fsp3) is 0.636. The van der Waals surface area contributed by atoms with Crippen molar-refractivity contribution in [1.82, 2.24) is 15.2 Å². The van der Waals surface area contributed by atoms with Gasteiger partial charge >= 0.3 is 0 Å². The summed E-state index contributed by atoms with van der Waals surface area (Å²) in [6.45, 7) is 7.77. The molecule has 16 heavy (non-hydrogen) atoms. The van der Waals surface area contributed by atoms with Gasteiger partial charge in [-0.2, -0.15) is 0 Å². The minimum atomic E-state index is 0.117. The Kier molecular flexibility index (Phi) is 3.25. The van der Waals surface area contributed by atoms with Gasteiger partial charge in [0, 0.05) is 25.2 Å². The molecule has 2 unspecified atom stereocenters. The topological polar surface area (TPSA) is 45.2 Å². The zero-order valence-corrected chi connectivity index (χ0v) is 10.7. The molecule has 4 nitrogen and oxygen atoms in total. The maximum Gasteiger partial charge on any atom is 0.265 e. The van der Waals surface area contributed by atoms with Crippen LogP contribution in [-0.2, 0) is 0 Å². The van der Waals surface area contributed by atoms with Crippen LogP contribution in [0.5, 0.6) is 0 Å². The lowest BCUT2D eigenvalue weighted by atomic mass is 10.1. The molecular formula is C11H17N3OS. The standard InChI is InChI=1S/C11H17N3OS/c1-7-8(2)14(5-4-12-7)11(15)10-6-13-9(3)16-10/h6-8,12H,4-5H2,1-3H3. The molecule has 0 spiro atoms. The highest BCUT2D eigenvalue weighted by atomic mass is 32.1. The summed E-state index contributed by atoms with van der Waals surface area (Å²) in [6.07, 6.45) is 1.68. The fourth-order valence-corrected chi connectivity index (χ4v) is 2.68. The van der Waals surface area contributed by atoms with Crippen molar-refractivity contribution >= 4 is 17.2 Å². The van der Waals surface area contributed by atoms with Crippen LogP contribution in [0, 0.1) is 6.92 Å². The highest BCUT2D eigenvalue weighted by molar-refractivity contribution is 7.13. The first kappa shape index (κ1) is 11.5. The van der Waals surface area contributed by atoms with Crippen molar-refractivity contribution in [3.63, 3.8) is 0 Å².